The SMILES string of the molecule is CCCCCCCCCCCCCCCCCC1Nc2cccc(S(=O)(=O)[O-])c2N1Cc1ccccc1.[K+]. The molecular weight excluding hydrogens is 520 g/mol. The summed E-state index contributed by atoms with van der Waals surface area (Å²) in [5, 5.41) is 3.49. The molecule has 5 nitrogen and oxygen atoms in total. The predicted octanol–water partition coefficient (Wildman–Crippen LogP) is 5.61. The number of anilines is 2. The Morgan fingerprint density at radius 1 is 0.737 bits per heavy atom. The zero-order chi connectivity index (χ0) is 26.3. The summed E-state index contributed by atoms with van der Waals surface area (Å²) < 4.78 is 36.0. The van der Waals surface area contributed by atoms with Gasteiger partial charge in [0.2, 0.25) is 0 Å². The van der Waals surface area contributed by atoms with Crippen LogP contribution in [0.1, 0.15) is 115 Å². The van der Waals surface area contributed by atoms with Gasteiger partial charge in [-0.1, -0.05) is 133 Å². The summed E-state index contributed by atoms with van der Waals surface area (Å²) in [5.74, 6) is 0. The molecule has 2 aromatic rings. The molecule has 0 saturated heterocycles. The molecule has 206 valence electrons. The number of rotatable bonds is 19. The van der Waals surface area contributed by atoms with Crippen molar-refractivity contribution in [2.45, 2.75) is 127 Å². The van der Waals surface area contributed by atoms with Crippen LogP contribution >= 0.6 is 0 Å². The number of nitrogens with one attached hydrogen (secondary N) is 1. The van der Waals surface area contributed by atoms with Crippen molar-refractivity contribution in [3.63, 3.8) is 0 Å². The standard InChI is InChI=1S/C31H48N2O3S.K/c1-2-3-4-5-6-7-8-9-10-11-12-13-14-15-19-25-30-32-28-23-20-24-29(37(34,35)36)31(28)33(30)26-27-21-17-16-18-22-27;/h16-18,20-24,30,32H,2-15,19,25-26H2,1H3,(H,34,35,36);/q;+1/p-1. The Hall–Kier alpha value is -0.414. The number of fused-ring (bicyclic) bond motifs is 1. The van der Waals surface area contributed by atoms with Crippen LogP contribution < -0.4 is 61.6 Å². The number of unbranched alkanes of at least 4 members (excludes halogenated alkanes) is 14. The summed E-state index contributed by atoms with van der Waals surface area (Å²) >= 11 is 0. The second-order valence-corrected chi connectivity index (χ2v) is 12.0. The monoisotopic (exact) mass is 566 g/mol. The molecule has 1 N–H and O–H groups in total. The molecular formula is C31H47KN2O3S. The maximum Gasteiger partial charge on any atom is 1.00 e. The van der Waals surface area contributed by atoms with Gasteiger partial charge in [0, 0.05) is 6.54 Å². The van der Waals surface area contributed by atoms with Gasteiger partial charge in [0.15, 0.2) is 0 Å². The van der Waals surface area contributed by atoms with Crippen LogP contribution in [0, 0.1) is 0 Å². The first-order chi connectivity index (χ1) is 18.0. The molecule has 2 aromatic carbocycles. The van der Waals surface area contributed by atoms with Crippen LogP contribution in [0.2, 0.25) is 0 Å². The quantitative estimate of drug-likeness (QED) is 0.136. The van der Waals surface area contributed by atoms with Gasteiger partial charge in [-0.05, 0) is 30.5 Å². The summed E-state index contributed by atoms with van der Waals surface area (Å²) in [7, 11) is -4.56. The minimum absolute atomic E-state index is 0. The van der Waals surface area contributed by atoms with Crippen LogP contribution in [-0.2, 0) is 16.7 Å². The van der Waals surface area contributed by atoms with E-state index in [1.807, 2.05) is 36.4 Å². The van der Waals surface area contributed by atoms with Gasteiger partial charge in [-0.25, -0.2) is 8.42 Å². The van der Waals surface area contributed by atoms with E-state index < -0.39 is 10.1 Å². The Balaban J connectivity index is 0.00000507. The summed E-state index contributed by atoms with van der Waals surface area (Å²) in [4.78, 5) is 1.94. The van der Waals surface area contributed by atoms with E-state index >= 15 is 0 Å². The molecule has 7 heteroatoms. The number of para-hydroxylation sites is 1. The molecule has 0 fully saturated rings. The fourth-order valence-corrected chi connectivity index (χ4v) is 6.17. The van der Waals surface area contributed by atoms with Crippen LogP contribution in [0.15, 0.2) is 53.4 Å². The molecule has 1 heterocycles. The minimum Gasteiger partial charge on any atom is -0.744 e. The zero-order valence-electron chi connectivity index (χ0n) is 23.8. The van der Waals surface area contributed by atoms with E-state index in [4.69, 9.17) is 0 Å². The van der Waals surface area contributed by atoms with Gasteiger partial charge in [0.05, 0.1) is 22.4 Å². The Kier molecular flexibility index (Phi) is 16.8. The molecule has 0 saturated carbocycles. The van der Waals surface area contributed by atoms with E-state index in [0.717, 1.165) is 24.1 Å². The summed E-state index contributed by atoms with van der Waals surface area (Å²) in [6.45, 7) is 2.84. The van der Waals surface area contributed by atoms with Crippen LogP contribution in [0.25, 0.3) is 0 Å². The van der Waals surface area contributed by atoms with Crippen molar-refractivity contribution in [1.82, 2.24) is 0 Å². The molecule has 0 spiro atoms. The minimum atomic E-state index is -4.56. The first-order valence-electron chi connectivity index (χ1n) is 14.7. The van der Waals surface area contributed by atoms with Crippen LogP contribution in [0.4, 0.5) is 11.4 Å². The van der Waals surface area contributed by atoms with Crippen molar-refractivity contribution in [2.24, 2.45) is 0 Å². The Morgan fingerprint density at radius 2 is 1.26 bits per heavy atom. The van der Waals surface area contributed by atoms with Crippen molar-refractivity contribution in [2.75, 3.05) is 10.2 Å². The molecule has 0 bridgehead atoms. The summed E-state index contributed by atoms with van der Waals surface area (Å²) in [6.07, 6.45) is 20.9. The maximum atomic E-state index is 12.0. The van der Waals surface area contributed by atoms with Gasteiger partial charge >= 0.3 is 51.4 Å². The molecule has 3 rings (SSSR count). The Labute approximate surface area is 274 Å². The second kappa shape index (κ2) is 18.8. The second-order valence-electron chi connectivity index (χ2n) is 10.6. The molecule has 1 aliphatic heterocycles. The van der Waals surface area contributed by atoms with Crippen molar-refractivity contribution in [3.8, 4) is 0 Å². The topological polar surface area (TPSA) is 72.5 Å². The molecule has 38 heavy (non-hydrogen) atoms. The third-order valence-corrected chi connectivity index (χ3v) is 8.40. The molecule has 1 aliphatic rings. The van der Waals surface area contributed by atoms with Crippen LogP contribution in [-0.4, -0.2) is 19.1 Å². The van der Waals surface area contributed by atoms with Crippen molar-refractivity contribution >= 4 is 21.5 Å². The van der Waals surface area contributed by atoms with Gasteiger partial charge in [0.1, 0.15) is 10.1 Å². The van der Waals surface area contributed by atoms with Gasteiger partial charge in [0.25, 0.3) is 0 Å². The number of nitrogens with zero attached hydrogens (tertiary/aromatic N) is 1. The molecule has 0 aliphatic carbocycles. The van der Waals surface area contributed by atoms with Crippen molar-refractivity contribution in [3.05, 3.63) is 54.1 Å². The Morgan fingerprint density at radius 3 is 1.79 bits per heavy atom. The maximum absolute atomic E-state index is 12.0. The zero-order valence-corrected chi connectivity index (χ0v) is 27.7. The third kappa shape index (κ3) is 11.6. The molecule has 0 radical (unpaired) electrons. The van der Waals surface area contributed by atoms with E-state index in [0.29, 0.717) is 12.2 Å². The fourth-order valence-electron chi connectivity index (χ4n) is 5.46. The van der Waals surface area contributed by atoms with E-state index in [-0.39, 0.29) is 62.4 Å². The summed E-state index contributed by atoms with van der Waals surface area (Å²) in [5.41, 5.74) is 2.35. The van der Waals surface area contributed by atoms with Gasteiger partial charge < -0.3 is 14.8 Å². The normalized spacial score (nSPS) is 14.7. The number of benzene rings is 2. The van der Waals surface area contributed by atoms with Gasteiger partial charge in [-0.2, -0.15) is 0 Å². The van der Waals surface area contributed by atoms with E-state index in [1.54, 1.807) is 6.07 Å². The number of hydrogen-bond acceptors (Lipinski definition) is 5. The largest absolute Gasteiger partial charge is 1.00 e. The van der Waals surface area contributed by atoms with Crippen LogP contribution in [0.3, 0.4) is 0 Å². The van der Waals surface area contributed by atoms with E-state index in [9.17, 15) is 13.0 Å². The average Bonchev–Trinajstić information content (AvgIpc) is 3.23. The van der Waals surface area contributed by atoms with E-state index in [2.05, 4.69) is 17.1 Å². The first-order valence-corrected chi connectivity index (χ1v) is 16.1. The molecule has 0 aromatic heterocycles. The van der Waals surface area contributed by atoms with Crippen LogP contribution in [0.5, 0.6) is 0 Å². The molecule has 1 atom stereocenters. The molecule has 0 amide bonds. The van der Waals surface area contributed by atoms with Crippen molar-refractivity contribution < 1.29 is 64.4 Å². The third-order valence-electron chi connectivity index (χ3n) is 7.53. The Bertz CT molecular complexity index is 1020. The van der Waals surface area contributed by atoms with Gasteiger partial charge in [-0.3, -0.25) is 0 Å². The van der Waals surface area contributed by atoms with Gasteiger partial charge in [-0.15, -0.1) is 0 Å². The van der Waals surface area contributed by atoms with Crippen molar-refractivity contribution in [1.29, 1.82) is 0 Å². The molecule has 1 unspecified atom stereocenters. The first kappa shape index (κ1) is 33.8. The summed E-state index contributed by atoms with van der Waals surface area (Å²) in [6, 6.07) is 15.0. The average molecular weight is 567 g/mol. The van der Waals surface area contributed by atoms with E-state index in [1.165, 1.54) is 96.0 Å². The number of hydrogen-bond donors (Lipinski definition) is 1. The smallest absolute Gasteiger partial charge is 0.744 e. The predicted molar refractivity (Wildman–Crippen MR) is 154 cm³/mol. The fraction of sp³-hybridized carbons (Fsp3) is 0.613.